The van der Waals surface area contributed by atoms with Gasteiger partial charge in [0.25, 0.3) is 11.8 Å². The van der Waals surface area contributed by atoms with Gasteiger partial charge in [0.05, 0.1) is 37.9 Å². The Bertz CT molecular complexity index is 1320. The van der Waals surface area contributed by atoms with Crippen LogP contribution in [0, 0.1) is 0 Å². The van der Waals surface area contributed by atoms with Crippen LogP contribution in [0.3, 0.4) is 0 Å². The maximum absolute atomic E-state index is 13.0. The number of amides is 4. The number of hydrogen-bond donors (Lipinski definition) is 1. The zero-order valence-corrected chi connectivity index (χ0v) is 24.3. The minimum absolute atomic E-state index is 0.0194. The van der Waals surface area contributed by atoms with E-state index in [9.17, 15) is 19.2 Å². The zero-order valence-electron chi connectivity index (χ0n) is 21.1. The summed E-state index contributed by atoms with van der Waals surface area (Å²) < 4.78 is 27.8. The van der Waals surface area contributed by atoms with Gasteiger partial charge < -0.3 is 33.6 Å². The lowest BCUT2D eigenvalue weighted by Gasteiger charge is -2.27. The molecule has 0 bridgehead atoms. The summed E-state index contributed by atoms with van der Waals surface area (Å²) in [4.78, 5) is 52.4. The van der Waals surface area contributed by atoms with E-state index in [4.69, 9.17) is 18.6 Å². The van der Waals surface area contributed by atoms with E-state index in [-0.39, 0.29) is 36.3 Å². The summed E-state index contributed by atoms with van der Waals surface area (Å²) in [5.74, 6) is -0.586. The molecule has 0 aliphatic carbocycles. The molecular weight excluding hydrogens is 646 g/mol. The van der Waals surface area contributed by atoms with Crippen LogP contribution in [0.5, 0.6) is 11.5 Å². The summed E-state index contributed by atoms with van der Waals surface area (Å²) in [5, 5.41) is 2.55. The molecule has 4 amide bonds. The molecule has 208 valence electrons. The van der Waals surface area contributed by atoms with Crippen molar-refractivity contribution < 1.29 is 42.5 Å². The van der Waals surface area contributed by atoms with Crippen molar-refractivity contribution in [1.29, 1.82) is 0 Å². The van der Waals surface area contributed by atoms with E-state index in [2.05, 4.69) is 41.9 Å². The third-order valence-corrected chi connectivity index (χ3v) is 7.93. The smallest absolute Gasteiger partial charge is 0.373 e. The van der Waals surface area contributed by atoms with E-state index in [1.807, 2.05) is 0 Å². The molecule has 39 heavy (non-hydrogen) atoms. The van der Waals surface area contributed by atoms with Crippen LogP contribution in [-0.2, 0) is 25.6 Å². The number of furan rings is 1. The van der Waals surface area contributed by atoms with E-state index in [1.165, 1.54) is 25.3 Å². The molecule has 0 saturated carbocycles. The number of rotatable bonds is 9. The summed E-state index contributed by atoms with van der Waals surface area (Å²) >= 11 is 6.99. The maximum Gasteiger partial charge on any atom is 0.373 e. The highest BCUT2D eigenvalue weighted by Gasteiger charge is 2.35. The van der Waals surface area contributed by atoms with Crippen molar-refractivity contribution >= 4 is 61.8 Å². The number of hydrogen-bond acceptors (Lipinski definition) is 9. The Labute approximate surface area is 240 Å². The Balaban J connectivity index is 1.53. The van der Waals surface area contributed by atoms with Gasteiger partial charge in [-0.2, -0.15) is 0 Å². The molecule has 14 heteroatoms. The molecule has 3 heterocycles. The molecule has 2 aliphatic rings. The molecule has 0 atom stereocenters. The summed E-state index contributed by atoms with van der Waals surface area (Å²) in [6, 6.07) is 3.87. The number of ether oxygens (including phenoxy) is 4. The van der Waals surface area contributed by atoms with Gasteiger partial charge >= 0.3 is 12.0 Å². The van der Waals surface area contributed by atoms with E-state index in [1.54, 1.807) is 17.9 Å². The van der Waals surface area contributed by atoms with Gasteiger partial charge in [-0.1, -0.05) is 0 Å². The average molecular weight is 671 g/mol. The second-order valence-corrected chi connectivity index (χ2v) is 9.86. The Kier molecular flexibility index (Phi) is 9.30. The maximum atomic E-state index is 13.0. The minimum atomic E-state index is -0.669. The first-order chi connectivity index (χ1) is 18.7. The monoisotopic (exact) mass is 669 g/mol. The number of carbonyl (C=O) groups excluding carboxylic acids is 4. The normalized spacial score (nSPS) is 16.5. The second-order valence-electron chi connectivity index (χ2n) is 8.27. The molecule has 4 rings (SSSR count). The van der Waals surface area contributed by atoms with E-state index in [0.29, 0.717) is 58.9 Å². The van der Waals surface area contributed by atoms with Crippen LogP contribution < -0.4 is 14.8 Å². The van der Waals surface area contributed by atoms with Crippen molar-refractivity contribution in [2.75, 3.05) is 46.6 Å². The van der Waals surface area contributed by atoms with Gasteiger partial charge in [-0.05, 0) is 68.6 Å². The summed E-state index contributed by atoms with van der Waals surface area (Å²) in [5.41, 5.74) is 0.527. The largest absolute Gasteiger partial charge is 0.490 e. The molecule has 0 radical (unpaired) electrons. The topological polar surface area (TPSA) is 137 Å². The Morgan fingerprint density at radius 1 is 1.13 bits per heavy atom. The van der Waals surface area contributed by atoms with Crippen LogP contribution in [0.15, 0.2) is 37.3 Å². The van der Waals surface area contributed by atoms with Gasteiger partial charge in [0.1, 0.15) is 11.5 Å². The van der Waals surface area contributed by atoms with Gasteiger partial charge in [0, 0.05) is 17.6 Å². The molecule has 0 unspecified atom stereocenters. The quantitative estimate of drug-likeness (QED) is 0.242. The van der Waals surface area contributed by atoms with Crippen molar-refractivity contribution in [1.82, 2.24) is 15.1 Å². The van der Waals surface area contributed by atoms with Crippen molar-refractivity contribution in [3.05, 3.63) is 49.9 Å². The number of esters is 1. The first-order valence-corrected chi connectivity index (χ1v) is 13.5. The highest BCUT2D eigenvalue weighted by molar-refractivity contribution is 9.13. The predicted octanol–water partition coefficient (Wildman–Crippen LogP) is 3.32. The fourth-order valence-corrected chi connectivity index (χ4v) is 4.79. The Morgan fingerprint density at radius 3 is 2.56 bits per heavy atom. The first-order valence-electron chi connectivity index (χ1n) is 11.9. The SMILES string of the molecule is CCOc1cc(/C=C2\NC(=O)N(Cc3ccc(C(=O)OC)o3)C2=O)c(Br)c(Br)c1OCC(=O)N1CCOCC1. The van der Waals surface area contributed by atoms with E-state index in [0.717, 1.165) is 4.90 Å². The highest BCUT2D eigenvalue weighted by atomic mass is 79.9. The number of morpholine rings is 1. The molecule has 2 aromatic rings. The van der Waals surface area contributed by atoms with Crippen molar-refractivity contribution in [2.45, 2.75) is 13.5 Å². The standard InChI is InChI=1S/C25H25Br2N3O9/c1-3-37-18-11-14(20(26)21(27)22(18)38-13-19(31)29-6-8-36-9-7-29)10-16-23(32)30(25(34)28-16)12-15-4-5-17(39-15)24(33)35-2/h4-5,10-11H,3,6-9,12-13H2,1-2H3,(H,28,34)/b16-10-. The Morgan fingerprint density at radius 2 is 1.87 bits per heavy atom. The first kappa shape index (κ1) is 28.6. The van der Waals surface area contributed by atoms with Crippen molar-refractivity contribution in [3.8, 4) is 11.5 Å². The van der Waals surface area contributed by atoms with Crippen LogP contribution in [0.2, 0.25) is 0 Å². The van der Waals surface area contributed by atoms with Crippen LogP contribution in [-0.4, -0.2) is 80.2 Å². The molecule has 2 saturated heterocycles. The number of methoxy groups -OCH3 is 1. The molecule has 2 fully saturated rings. The average Bonchev–Trinajstić information content (AvgIpc) is 3.51. The molecular formula is C25H25Br2N3O9. The summed E-state index contributed by atoms with van der Waals surface area (Å²) in [6.07, 6.45) is 1.49. The van der Waals surface area contributed by atoms with E-state index >= 15 is 0 Å². The van der Waals surface area contributed by atoms with Crippen molar-refractivity contribution in [3.63, 3.8) is 0 Å². The molecule has 2 aliphatic heterocycles. The summed E-state index contributed by atoms with van der Waals surface area (Å²) in [6.45, 7) is 3.71. The highest BCUT2D eigenvalue weighted by Crippen LogP contribution is 2.43. The second kappa shape index (κ2) is 12.7. The lowest BCUT2D eigenvalue weighted by atomic mass is 10.1. The Hall–Kier alpha value is -3.36. The zero-order chi connectivity index (χ0) is 28.1. The van der Waals surface area contributed by atoms with Crippen LogP contribution in [0.1, 0.15) is 28.8 Å². The van der Waals surface area contributed by atoms with Gasteiger partial charge in [0.2, 0.25) is 5.76 Å². The van der Waals surface area contributed by atoms with Crippen LogP contribution in [0.25, 0.3) is 6.08 Å². The summed E-state index contributed by atoms with van der Waals surface area (Å²) in [7, 11) is 1.22. The van der Waals surface area contributed by atoms with E-state index < -0.39 is 17.9 Å². The number of nitrogens with one attached hydrogen (secondary N) is 1. The van der Waals surface area contributed by atoms with Gasteiger partial charge in [-0.25, -0.2) is 9.59 Å². The molecule has 12 nitrogen and oxygen atoms in total. The van der Waals surface area contributed by atoms with Gasteiger partial charge in [-0.3, -0.25) is 14.5 Å². The minimum Gasteiger partial charge on any atom is -0.490 e. The lowest BCUT2D eigenvalue weighted by Crippen LogP contribution is -2.43. The number of carbonyl (C=O) groups is 4. The number of urea groups is 1. The fraction of sp³-hybridized carbons (Fsp3) is 0.360. The number of halogens is 2. The van der Waals surface area contributed by atoms with Crippen LogP contribution in [0.4, 0.5) is 4.79 Å². The molecule has 1 aromatic heterocycles. The predicted molar refractivity (Wildman–Crippen MR) is 143 cm³/mol. The van der Waals surface area contributed by atoms with Gasteiger partial charge in [-0.15, -0.1) is 0 Å². The number of benzene rings is 1. The molecule has 1 N–H and O–H groups in total. The third-order valence-electron chi connectivity index (χ3n) is 5.78. The van der Waals surface area contributed by atoms with Crippen LogP contribution >= 0.6 is 31.9 Å². The fourth-order valence-electron chi connectivity index (χ4n) is 3.84. The lowest BCUT2D eigenvalue weighted by molar-refractivity contribution is -0.137. The van der Waals surface area contributed by atoms with Crippen molar-refractivity contribution in [2.24, 2.45) is 0 Å². The number of imide groups is 1. The van der Waals surface area contributed by atoms with Gasteiger partial charge in [0.15, 0.2) is 18.1 Å². The molecule has 1 aromatic carbocycles. The molecule has 0 spiro atoms. The third kappa shape index (κ3) is 6.45. The number of nitrogens with zero attached hydrogens (tertiary/aromatic N) is 2.